The van der Waals surface area contributed by atoms with E-state index in [9.17, 15) is 9.59 Å². The normalized spacial score (nSPS) is 11.1. The molecule has 0 aliphatic rings. The Balaban J connectivity index is 1.68. The first-order valence-corrected chi connectivity index (χ1v) is 8.88. The van der Waals surface area contributed by atoms with Crippen LogP contribution >= 0.6 is 0 Å². The Morgan fingerprint density at radius 1 is 1.00 bits per heavy atom. The SMILES string of the molecule is COc1ccc(C(=O)c2oc3ccccc3c2NC(=O)/C=C/c2ccco2)cc1. The number of furan rings is 2. The Hall–Kier alpha value is -4.06. The van der Waals surface area contributed by atoms with Crippen molar-refractivity contribution in [1.82, 2.24) is 0 Å². The molecule has 1 amide bonds. The monoisotopic (exact) mass is 387 g/mol. The number of hydrogen-bond acceptors (Lipinski definition) is 5. The molecule has 0 bridgehead atoms. The quantitative estimate of drug-likeness (QED) is 0.375. The molecule has 0 radical (unpaired) electrons. The Labute approximate surface area is 166 Å². The van der Waals surface area contributed by atoms with Gasteiger partial charge in [0.2, 0.25) is 11.7 Å². The maximum Gasteiger partial charge on any atom is 0.248 e. The molecule has 0 unspecified atom stereocenters. The zero-order valence-electron chi connectivity index (χ0n) is 15.5. The van der Waals surface area contributed by atoms with Gasteiger partial charge in [0.25, 0.3) is 0 Å². The standard InChI is InChI=1S/C23H17NO5/c1-27-16-10-8-15(9-11-16)22(26)23-21(18-6-2-3-7-19(18)29-23)24-20(25)13-12-17-5-4-14-28-17/h2-14H,1H3,(H,24,25)/b13-12+. The maximum atomic E-state index is 13.0. The van der Waals surface area contributed by atoms with E-state index in [0.717, 1.165) is 0 Å². The molecule has 2 aromatic heterocycles. The van der Waals surface area contributed by atoms with Crippen LogP contribution in [0.4, 0.5) is 5.69 Å². The van der Waals surface area contributed by atoms with Gasteiger partial charge in [-0.3, -0.25) is 9.59 Å². The van der Waals surface area contributed by atoms with Crippen molar-refractivity contribution in [3.05, 3.63) is 90.1 Å². The van der Waals surface area contributed by atoms with E-state index in [1.165, 1.54) is 12.3 Å². The smallest absolute Gasteiger partial charge is 0.248 e. The number of ketones is 1. The molecule has 0 fully saturated rings. The van der Waals surface area contributed by atoms with Crippen LogP contribution in [0, 0.1) is 0 Å². The van der Waals surface area contributed by atoms with Gasteiger partial charge in [-0.05, 0) is 54.6 Å². The number of carbonyl (C=O) groups is 2. The first kappa shape index (κ1) is 18.3. The third-order valence-corrected chi connectivity index (χ3v) is 4.34. The molecule has 4 rings (SSSR count). The van der Waals surface area contributed by atoms with E-state index >= 15 is 0 Å². The zero-order valence-corrected chi connectivity index (χ0v) is 15.5. The number of fused-ring (bicyclic) bond motifs is 1. The largest absolute Gasteiger partial charge is 0.497 e. The first-order valence-electron chi connectivity index (χ1n) is 8.88. The second-order valence-corrected chi connectivity index (χ2v) is 6.20. The highest BCUT2D eigenvalue weighted by atomic mass is 16.5. The average Bonchev–Trinajstić information content (AvgIpc) is 3.40. The molecule has 0 atom stereocenters. The van der Waals surface area contributed by atoms with E-state index < -0.39 is 5.91 Å². The molecule has 6 nitrogen and oxygen atoms in total. The second-order valence-electron chi connectivity index (χ2n) is 6.20. The van der Waals surface area contributed by atoms with Gasteiger partial charge in [-0.2, -0.15) is 0 Å². The lowest BCUT2D eigenvalue weighted by Gasteiger charge is -2.05. The van der Waals surface area contributed by atoms with Gasteiger partial charge in [-0.25, -0.2) is 0 Å². The number of benzene rings is 2. The molecule has 0 spiro atoms. The Kier molecular flexibility index (Phi) is 4.99. The number of amides is 1. The van der Waals surface area contributed by atoms with Gasteiger partial charge in [0.1, 0.15) is 17.1 Å². The number of para-hydroxylation sites is 1. The highest BCUT2D eigenvalue weighted by molar-refractivity contribution is 6.18. The minimum absolute atomic E-state index is 0.0658. The third-order valence-electron chi connectivity index (χ3n) is 4.34. The Bertz CT molecular complexity index is 1180. The van der Waals surface area contributed by atoms with Crippen molar-refractivity contribution in [2.24, 2.45) is 0 Å². The van der Waals surface area contributed by atoms with Gasteiger partial charge in [-0.1, -0.05) is 12.1 Å². The summed E-state index contributed by atoms with van der Waals surface area (Å²) < 4.78 is 16.1. The number of nitrogens with one attached hydrogen (secondary N) is 1. The minimum atomic E-state index is -0.406. The van der Waals surface area contributed by atoms with Crippen molar-refractivity contribution in [2.45, 2.75) is 0 Å². The van der Waals surface area contributed by atoms with Crippen LogP contribution in [-0.2, 0) is 4.79 Å². The van der Waals surface area contributed by atoms with Gasteiger partial charge >= 0.3 is 0 Å². The van der Waals surface area contributed by atoms with Crippen molar-refractivity contribution < 1.29 is 23.2 Å². The highest BCUT2D eigenvalue weighted by Gasteiger charge is 2.23. The third kappa shape index (κ3) is 3.82. The van der Waals surface area contributed by atoms with E-state index in [0.29, 0.717) is 33.7 Å². The highest BCUT2D eigenvalue weighted by Crippen LogP contribution is 2.32. The van der Waals surface area contributed by atoms with Crippen LogP contribution in [0.2, 0.25) is 0 Å². The number of rotatable bonds is 6. The first-order chi connectivity index (χ1) is 14.2. The number of methoxy groups -OCH3 is 1. The summed E-state index contributed by atoms with van der Waals surface area (Å²) in [6, 6.07) is 17.3. The molecule has 1 N–H and O–H groups in total. The topological polar surface area (TPSA) is 81.7 Å². The second kappa shape index (κ2) is 7.90. The summed E-state index contributed by atoms with van der Waals surface area (Å²) in [5.74, 6) is 0.511. The van der Waals surface area contributed by atoms with Gasteiger partial charge in [-0.15, -0.1) is 0 Å². The zero-order chi connectivity index (χ0) is 20.2. The number of carbonyl (C=O) groups excluding carboxylic acids is 2. The summed E-state index contributed by atoms with van der Waals surface area (Å²) in [7, 11) is 1.56. The van der Waals surface area contributed by atoms with Gasteiger partial charge in [0.15, 0.2) is 5.76 Å². The minimum Gasteiger partial charge on any atom is -0.497 e. The van der Waals surface area contributed by atoms with E-state index in [1.54, 1.807) is 67.8 Å². The number of anilines is 1. The van der Waals surface area contributed by atoms with Gasteiger partial charge in [0, 0.05) is 17.0 Å². The van der Waals surface area contributed by atoms with Crippen LogP contribution in [0.5, 0.6) is 5.75 Å². The predicted molar refractivity (Wildman–Crippen MR) is 109 cm³/mol. The Morgan fingerprint density at radius 2 is 1.79 bits per heavy atom. The number of ether oxygens (including phenoxy) is 1. The molecule has 0 aliphatic carbocycles. The van der Waals surface area contributed by atoms with Crippen molar-refractivity contribution in [3.8, 4) is 5.75 Å². The van der Waals surface area contributed by atoms with Crippen molar-refractivity contribution >= 4 is 34.4 Å². The lowest BCUT2D eigenvalue weighted by Crippen LogP contribution is -2.11. The van der Waals surface area contributed by atoms with E-state index in [-0.39, 0.29) is 11.5 Å². The molecule has 0 aliphatic heterocycles. The molecular formula is C23H17NO5. The van der Waals surface area contributed by atoms with Crippen LogP contribution in [0.3, 0.4) is 0 Å². The number of hydrogen-bond donors (Lipinski definition) is 1. The maximum absolute atomic E-state index is 13.0. The molecule has 2 aromatic carbocycles. The van der Waals surface area contributed by atoms with Crippen LogP contribution in [0.15, 0.2) is 81.8 Å². The fraction of sp³-hybridized carbons (Fsp3) is 0.0435. The van der Waals surface area contributed by atoms with Crippen LogP contribution < -0.4 is 10.1 Å². The van der Waals surface area contributed by atoms with E-state index in [2.05, 4.69) is 5.32 Å². The molecule has 4 aromatic rings. The van der Waals surface area contributed by atoms with E-state index in [1.807, 2.05) is 6.07 Å². The summed E-state index contributed by atoms with van der Waals surface area (Å²) in [5.41, 5.74) is 1.26. The van der Waals surface area contributed by atoms with Crippen LogP contribution in [0.1, 0.15) is 21.9 Å². The lowest BCUT2D eigenvalue weighted by molar-refractivity contribution is -0.111. The summed E-state index contributed by atoms with van der Waals surface area (Å²) in [6.45, 7) is 0. The van der Waals surface area contributed by atoms with E-state index in [4.69, 9.17) is 13.6 Å². The predicted octanol–water partition coefficient (Wildman–Crippen LogP) is 4.92. The molecule has 0 saturated carbocycles. The summed E-state index contributed by atoms with van der Waals surface area (Å²) >= 11 is 0. The van der Waals surface area contributed by atoms with Crippen molar-refractivity contribution in [3.63, 3.8) is 0 Å². The van der Waals surface area contributed by atoms with Crippen molar-refractivity contribution in [1.29, 1.82) is 0 Å². The van der Waals surface area contributed by atoms with Gasteiger partial charge < -0.3 is 18.9 Å². The van der Waals surface area contributed by atoms with Crippen LogP contribution in [0.25, 0.3) is 17.0 Å². The van der Waals surface area contributed by atoms with Crippen molar-refractivity contribution in [2.75, 3.05) is 12.4 Å². The molecule has 2 heterocycles. The van der Waals surface area contributed by atoms with Crippen LogP contribution in [-0.4, -0.2) is 18.8 Å². The average molecular weight is 387 g/mol. The molecular weight excluding hydrogens is 370 g/mol. The molecule has 29 heavy (non-hydrogen) atoms. The summed E-state index contributed by atoms with van der Waals surface area (Å²) in [4.78, 5) is 25.5. The molecule has 0 saturated heterocycles. The molecule has 6 heteroatoms. The summed E-state index contributed by atoms with van der Waals surface area (Å²) in [5, 5.41) is 3.41. The lowest BCUT2D eigenvalue weighted by atomic mass is 10.1. The Morgan fingerprint density at radius 3 is 2.52 bits per heavy atom. The fourth-order valence-electron chi connectivity index (χ4n) is 2.91. The fourth-order valence-corrected chi connectivity index (χ4v) is 2.91. The summed E-state index contributed by atoms with van der Waals surface area (Å²) in [6.07, 6.45) is 4.40. The van der Waals surface area contributed by atoms with Gasteiger partial charge in [0.05, 0.1) is 19.1 Å². The molecule has 144 valence electrons.